The number of allylic oxidation sites excluding steroid dienone is 3. The van der Waals surface area contributed by atoms with Crippen LogP contribution < -0.4 is 0 Å². The topological polar surface area (TPSA) is 72.8 Å². The molecule has 1 N–H and O–H groups in total. The summed E-state index contributed by atoms with van der Waals surface area (Å²) in [5, 5.41) is 10.4. The fourth-order valence-corrected chi connectivity index (χ4v) is 14.3. The highest BCUT2D eigenvalue weighted by Crippen LogP contribution is 2.60. The van der Waals surface area contributed by atoms with Gasteiger partial charge in [-0.15, -0.1) is 0 Å². The molecule has 1 aromatic rings. The van der Waals surface area contributed by atoms with Crippen LogP contribution in [0.1, 0.15) is 140 Å². The molecule has 3 aliphatic carbocycles. The van der Waals surface area contributed by atoms with E-state index in [9.17, 15) is 13.5 Å². The predicted octanol–water partition coefficient (Wildman–Crippen LogP) is 13.0. The van der Waals surface area contributed by atoms with Gasteiger partial charge in [0, 0.05) is 6.42 Å². The van der Waals surface area contributed by atoms with E-state index >= 15 is 0 Å². The highest BCUT2D eigenvalue weighted by molar-refractivity contribution is 7.92. The van der Waals surface area contributed by atoms with Crippen molar-refractivity contribution in [1.29, 1.82) is 0 Å². The number of sulfone groups is 1. The van der Waals surface area contributed by atoms with Gasteiger partial charge in [-0.25, -0.2) is 8.42 Å². The Bertz CT molecular complexity index is 1640. The normalized spacial score (nSPS) is 28.7. The molecule has 3 saturated carbocycles. The van der Waals surface area contributed by atoms with Gasteiger partial charge in [-0.05, 0) is 148 Å². The van der Waals surface area contributed by atoms with Gasteiger partial charge in [-0.2, -0.15) is 0 Å². The van der Waals surface area contributed by atoms with Crippen molar-refractivity contribution >= 4 is 26.5 Å². The smallest absolute Gasteiger partial charge is 0.192 e. The van der Waals surface area contributed by atoms with Crippen molar-refractivity contribution in [2.45, 2.75) is 204 Å². The summed E-state index contributed by atoms with van der Waals surface area (Å²) in [5.74, 6) is 1.69. The van der Waals surface area contributed by atoms with Gasteiger partial charge < -0.3 is 14.0 Å². The van der Waals surface area contributed by atoms with Crippen LogP contribution in [0.4, 0.5) is 0 Å². The monoisotopic (exact) mass is 813 g/mol. The summed E-state index contributed by atoms with van der Waals surface area (Å²) in [4.78, 5) is 0.356. The molecule has 3 fully saturated rings. The number of hydrogen-bond donors (Lipinski definition) is 1. The van der Waals surface area contributed by atoms with E-state index in [1.807, 2.05) is 6.07 Å². The molecule has 0 saturated heterocycles. The van der Waals surface area contributed by atoms with E-state index in [1.165, 1.54) is 31.3 Å². The number of benzene rings is 1. The maximum atomic E-state index is 13.7. The molecule has 1 unspecified atom stereocenters. The van der Waals surface area contributed by atoms with Crippen LogP contribution in [-0.2, 0) is 18.7 Å². The molecule has 0 amide bonds. The van der Waals surface area contributed by atoms with Gasteiger partial charge in [0.1, 0.15) is 0 Å². The Morgan fingerprint density at radius 2 is 1.53 bits per heavy atom. The average molecular weight is 813 g/mol. The van der Waals surface area contributed by atoms with Crippen LogP contribution in [0.25, 0.3) is 0 Å². The van der Waals surface area contributed by atoms with Crippen LogP contribution in [0.15, 0.2) is 70.7 Å². The first-order valence-corrected chi connectivity index (χ1v) is 28.9. The zero-order chi connectivity index (χ0) is 41.4. The van der Waals surface area contributed by atoms with Gasteiger partial charge in [0.15, 0.2) is 26.5 Å². The Kier molecular flexibility index (Phi) is 14.4. The van der Waals surface area contributed by atoms with E-state index in [4.69, 9.17) is 15.4 Å². The zero-order valence-corrected chi connectivity index (χ0v) is 40.3. The van der Waals surface area contributed by atoms with Gasteiger partial charge in [0.25, 0.3) is 0 Å². The maximum absolute atomic E-state index is 13.7. The van der Waals surface area contributed by atoms with E-state index in [-0.39, 0.29) is 34.1 Å². The van der Waals surface area contributed by atoms with Crippen LogP contribution in [0, 0.1) is 23.2 Å². The largest absolute Gasteiger partial charge is 0.413 e. The lowest BCUT2D eigenvalue weighted by Crippen LogP contribution is -2.49. The van der Waals surface area contributed by atoms with Crippen molar-refractivity contribution < 1.29 is 22.4 Å². The van der Waals surface area contributed by atoms with Crippen LogP contribution in [0.3, 0.4) is 0 Å². The van der Waals surface area contributed by atoms with E-state index in [0.717, 1.165) is 37.7 Å². The number of rotatable bonds is 14. The molecule has 8 heteroatoms. The van der Waals surface area contributed by atoms with Crippen molar-refractivity contribution in [3.8, 4) is 0 Å². The van der Waals surface area contributed by atoms with E-state index in [2.05, 4.69) is 93.7 Å². The van der Waals surface area contributed by atoms with Crippen LogP contribution in [0.2, 0.25) is 36.3 Å². The second-order valence-corrected chi connectivity index (χ2v) is 33.5. The van der Waals surface area contributed by atoms with Crippen molar-refractivity contribution in [1.82, 2.24) is 0 Å². The Balaban J connectivity index is 1.52. The molecular weight excluding hydrogens is 733 g/mol. The molecule has 3 aliphatic rings. The minimum absolute atomic E-state index is 0.0203. The van der Waals surface area contributed by atoms with Crippen LogP contribution in [-0.4, -0.2) is 53.2 Å². The molecule has 0 bridgehead atoms. The quantitative estimate of drug-likeness (QED) is 0.189. The average Bonchev–Trinajstić information content (AvgIpc) is 3.41. The van der Waals surface area contributed by atoms with Gasteiger partial charge in [-0.1, -0.05) is 111 Å². The van der Waals surface area contributed by atoms with Crippen LogP contribution in [0.5, 0.6) is 0 Å². The molecule has 312 valence electrons. The van der Waals surface area contributed by atoms with Crippen LogP contribution >= 0.6 is 0 Å². The molecule has 0 aromatic heterocycles. The first-order chi connectivity index (χ1) is 25.1. The Labute approximate surface area is 340 Å². The lowest BCUT2D eigenvalue weighted by Gasteiger charge is -2.46. The Morgan fingerprint density at radius 1 is 0.927 bits per heavy atom. The molecule has 55 heavy (non-hydrogen) atoms. The van der Waals surface area contributed by atoms with Gasteiger partial charge in [0.05, 0.1) is 28.0 Å². The highest BCUT2D eigenvalue weighted by atomic mass is 32.2. The highest BCUT2D eigenvalue weighted by Gasteiger charge is 2.51. The zero-order valence-electron chi connectivity index (χ0n) is 37.5. The fraction of sp³-hybridized carbons (Fsp3) is 0.745. The fourth-order valence-electron chi connectivity index (χ4n) is 9.57. The minimum Gasteiger partial charge on any atom is -0.413 e. The lowest BCUT2D eigenvalue weighted by molar-refractivity contribution is 0.0681. The van der Waals surface area contributed by atoms with E-state index in [0.29, 0.717) is 29.1 Å². The molecule has 1 aromatic carbocycles. The predicted molar refractivity (Wildman–Crippen MR) is 238 cm³/mol. The van der Waals surface area contributed by atoms with Gasteiger partial charge >= 0.3 is 0 Å². The third-order valence-electron chi connectivity index (χ3n) is 14.9. The summed E-state index contributed by atoms with van der Waals surface area (Å²) in [6.45, 7) is 36.5. The van der Waals surface area contributed by atoms with E-state index in [1.54, 1.807) is 43.7 Å². The molecule has 5 nitrogen and oxygen atoms in total. The first-order valence-electron chi connectivity index (χ1n) is 21.5. The molecule has 0 aliphatic heterocycles. The van der Waals surface area contributed by atoms with Crippen molar-refractivity contribution in [3.63, 3.8) is 0 Å². The van der Waals surface area contributed by atoms with Crippen molar-refractivity contribution in [2.75, 3.05) is 0 Å². The molecule has 4 rings (SSSR count). The summed E-state index contributed by atoms with van der Waals surface area (Å²) in [6.07, 6.45) is 15.5. The van der Waals surface area contributed by atoms with Gasteiger partial charge in [0.2, 0.25) is 0 Å². The molecule has 0 spiro atoms. The molecule has 7 atom stereocenters. The Hall–Kier alpha value is -1.30. The Morgan fingerprint density at radius 3 is 2.11 bits per heavy atom. The number of hydrogen-bond acceptors (Lipinski definition) is 5. The lowest BCUT2D eigenvalue weighted by atomic mass is 9.60. The van der Waals surface area contributed by atoms with Gasteiger partial charge in [-0.3, -0.25) is 0 Å². The summed E-state index contributed by atoms with van der Waals surface area (Å²) in [5.41, 5.74) is 3.23. The number of aliphatic hydroxyl groups is 1. The second-order valence-electron chi connectivity index (χ2n) is 21.8. The van der Waals surface area contributed by atoms with Crippen molar-refractivity contribution in [2.24, 2.45) is 23.2 Å². The summed E-state index contributed by atoms with van der Waals surface area (Å²) in [6, 6.07) is 8.78. The third kappa shape index (κ3) is 11.1. The summed E-state index contributed by atoms with van der Waals surface area (Å²) >= 11 is 0. The third-order valence-corrected chi connectivity index (χ3v) is 26.1. The van der Waals surface area contributed by atoms with Crippen molar-refractivity contribution in [3.05, 3.63) is 65.8 Å². The summed E-state index contributed by atoms with van der Waals surface area (Å²) in [7, 11) is -7.55. The number of fused-ring (bicyclic) bond motifs is 1. The standard InChI is InChI=1S/C47H80O5SSi2/c1-34(21-19-25-40(33-46(9,10)48)53(49,50)39-23-17-16-18-24-39)41-28-29-42-36(22-20-30-47(41,42)11)26-27-37-31-38(51-54(12,13)44(3,4)5)32-43(35(37)2)52-55(14,15)45(6,7)8/h16-18,23-24,26-27,34,38,40-43,48H,2,19-22,25,28-33H2,1,3-15H3/b36-26+,37-27-/t34-,38-,40?,41-,42+,43+,47-/m1/s1. The molecule has 0 radical (unpaired) electrons. The SMILES string of the molecule is C=C1/C(=C\C=C2/CCC[C@]3(C)[C@@H]([C@H](C)CCCC(CC(C)(C)O)S(=O)(=O)c4ccccc4)CC[C@@H]23)C[C@@H](O[Si](C)(C)C(C)(C)C)C[C@@H]1O[Si](C)(C)C(C)(C)C. The second kappa shape index (κ2) is 17.1. The minimum atomic E-state index is -3.54. The molecule has 0 heterocycles. The maximum Gasteiger partial charge on any atom is 0.192 e. The first kappa shape index (κ1) is 46.4. The van der Waals surface area contributed by atoms with E-state index < -0.39 is 37.3 Å². The molecular formula is C47H80O5SSi2. The summed E-state index contributed by atoms with van der Waals surface area (Å²) < 4.78 is 41.6.